The van der Waals surface area contributed by atoms with Gasteiger partial charge in [0.15, 0.2) is 12.0 Å². The molecule has 1 atom stereocenters. The number of amides is 1. The van der Waals surface area contributed by atoms with Gasteiger partial charge in [-0.15, -0.1) is 0 Å². The number of aliphatic carboxylic acids is 2. The van der Waals surface area contributed by atoms with Gasteiger partial charge in [-0.2, -0.15) is 0 Å². The molecular weight excluding hydrogens is 366 g/mol. The van der Waals surface area contributed by atoms with Gasteiger partial charge >= 0.3 is 11.9 Å². The zero-order valence-corrected chi connectivity index (χ0v) is 15.1. The Morgan fingerprint density at radius 1 is 1.14 bits per heavy atom. The number of oxazole rings is 1. The van der Waals surface area contributed by atoms with Crippen molar-refractivity contribution in [3.05, 3.63) is 42.3 Å². The predicted molar refractivity (Wildman–Crippen MR) is 98.8 cm³/mol. The Morgan fingerprint density at radius 2 is 1.82 bits per heavy atom. The molecule has 28 heavy (non-hydrogen) atoms. The Bertz CT molecular complexity index is 882. The number of carbonyl (C=O) groups is 3. The molecule has 1 aromatic carbocycles. The minimum atomic E-state index is -1.26. The monoisotopic (exact) mass is 387 g/mol. The van der Waals surface area contributed by atoms with E-state index in [9.17, 15) is 14.4 Å². The first-order chi connectivity index (χ1) is 13.4. The molecule has 0 radical (unpaired) electrons. The Kier molecular flexibility index (Phi) is 6.05. The van der Waals surface area contributed by atoms with Gasteiger partial charge in [0.05, 0.1) is 0 Å². The highest BCUT2D eigenvalue weighted by Crippen LogP contribution is 2.27. The number of hydrogen-bond donors (Lipinski definition) is 3. The summed E-state index contributed by atoms with van der Waals surface area (Å²) < 4.78 is 5.25. The number of hydrogen-bond acceptors (Lipinski definition) is 6. The molecule has 5 rings (SSSR count). The molecular formula is C19H21N3O6. The lowest BCUT2D eigenvalue weighted by molar-refractivity contribution is -0.134. The summed E-state index contributed by atoms with van der Waals surface area (Å²) in [6.07, 6.45) is 4.92. The maximum Gasteiger partial charge on any atom is 0.328 e. The fourth-order valence-corrected chi connectivity index (χ4v) is 3.52. The minimum Gasteiger partial charge on any atom is -0.478 e. The number of carboxylic acids is 2. The molecule has 1 amide bonds. The van der Waals surface area contributed by atoms with Crippen molar-refractivity contribution < 1.29 is 29.0 Å². The van der Waals surface area contributed by atoms with Crippen molar-refractivity contribution >= 4 is 28.9 Å². The SMILES string of the molecule is O=C(N[C@H]1CN2CCC1CC2)c1ccc2ncoc2c1.O=C(O)/C=C/C(=O)O. The second kappa shape index (κ2) is 8.66. The van der Waals surface area contributed by atoms with E-state index in [1.807, 2.05) is 12.1 Å². The largest absolute Gasteiger partial charge is 0.478 e. The third-order valence-electron chi connectivity index (χ3n) is 4.93. The van der Waals surface area contributed by atoms with Gasteiger partial charge in [-0.1, -0.05) is 0 Å². The highest BCUT2D eigenvalue weighted by atomic mass is 16.4. The van der Waals surface area contributed by atoms with Gasteiger partial charge in [-0.3, -0.25) is 4.79 Å². The summed E-state index contributed by atoms with van der Waals surface area (Å²) in [6, 6.07) is 5.68. The van der Waals surface area contributed by atoms with Gasteiger partial charge in [0.25, 0.3) is 5.91 Å². The maximum atomic E-state index is 12.4. The van der Waals surface area contributed by atoms with Crippen LogP contribution in [-0.4, -0.2) is 63.6 Å². The molecule has 148 valence electrons. The summed E-state index contributed by atoms with van der Waals surface area (Å²) in [4.78, 5) is 38.0. The molecule has 3 N–H and O–H groups in total. The van der Waals surface area contributed by atoms with Crippen LogP contribution < -0.4 is 5.32 Å². The quantitative estimate of drug-likeness (QED) is 0.670. The van der Waals surface area contributed by atoms with Crippen molar-refractivity contribution in [1.29, 1.82) is 0 Å². The minimum absolute atomic E-state index is 0.0120. The summed E-state index contributed by atoms with van der Waals surface area (Å²) in [6.45, 7) is 3.35. The van der Waals surface area contributed by atoms with Crippen molar-refractivity contribution in [1.82, 2.24) is 15.2 Å². The summed E-state index contributed by atoms with van der Waals surface area (Å²) in [7, 11) is 0. The number of fused-ring (bicyclic) bond motifs is 4. The number of nitrogens with zero attached hydrogens (tertiary/aromatic N) is 2. The number of carboxylic acid groups (broad SMARTS) is 2. The normalized spacial score (nSPS) is 23.2. The summed E-state index contributed by atoms with van der Waals surface area (Å²) in [5.41, 5.74) is 2.08. The van der Waals surface area contributed by atoms with E-state index >= 15 is 0 Å². The van der Waals surface area contributed by atoms with E-state index < -0.39 is 11.9 Å². The molecule has 0 aliphatic carbocycles. The Morgan fingerprint density at radius 3 is 2.39 bits per heavy atom. The third kappa shape index (κ3) is 4.95. The van der Waals surface area contributed by atoms with Gasteiger partial charge in [-0.05, 0) is 50.0 Å². The van der Waals surface area contributed by atoms with Crippen LogP contribution in [0, 0.1) is 5.92 Å². The predicted octanol–water partition coefficient (Wildman–Crippen LogP) is 1.36. The van der Waals surface area contributed by atoms with Gasteiger partial charge in [0.1, 0.15) is 5.52 Å². The van der Waals surface area contributed by atoms with Gasteiger partial charge < -0.3 is 24.8 Å². The van der Waals surface area contributed by atoms with Crippen LogP contribution in [0.2, 0.25) is 0 Å². The summed E-state index contributed by atoms with van der Waals surface area (Å²) in [5, 5.41) is 18.8. The van der Waals surface area contributed by atoms with Crippen LogP contribution in [-0.2, 0) is 9.59 Å². The second-order valence-electron chi connectivity index (χ2n) is 6.76. The molecule has 9 heteroatoms. The van der Waals surface area contributed by atoms with E-state index in [4.69, 9.17) is 14.6 Å². The first-order valence-corrected chi connectivity index (χ1v) is 8.93. The highest BCUT2D eigenvalue weighted by molar-refractivity contribution is 5.97. The van der Waals surface area contributed by atoms with E-state index in [0.717, 1.165) is 12.1 Å². The van der Waals surface area contributed by atoms with E-state index in [1.165, 1.54) is 32.3 Å². The van der Waals surface area contributed by atoms with Crippen molar-refractivity contribution in [2.45, 2.75) is 18.9 Å². The van der Waals surface area contributed by atoms with Crippen molar-refractivity contribution in [3.8, 4) is 0 Å². The van der Waals surface area contributed by atoms with E-state index in [-0.39, 0.29) is 11.9 Å². The molecule has 2 aromatic rings. The summed E-state index contributed by atoms with van der Waals surface area (Å²) >= 11 is 0. The Balaban J connectivity index is 0.000000242. The van der Waals surface area contributed by atoms with Crippen molar-refractivity contribution in [3.63, 3.8) is 0 Å². The molecule has 1 aromatic heterocycles. The lowest BCUT2D eigenvalue weighted by atomic mass is 9.84. The van der Waals surface area contributed by atoms with E-state index in [1.54, 1.807) is 6.07 Å². The topological polar surface area (TPSA) is 133 Å². The molecule has 2 bridgehead atoms. The maximum absolute atomic E-state index is 12.4. The molecule has 0 spiro atoms. The smallest absolute Gasteiger partial charge is 0.328 e. The molecule has 3 aliphatic heterocycles. The van der Waals surface area contributed by atoms with Crippen LogP contribution in [0.15, 0.2) is 41.2 Å². The number of benzene rings is 1. The number of carbonyl (C=O) groups excluding carboxylic acids is 1. The molecule has 9 nitrogen and oxygen atoms in total. The van der Waals surface area contributed by atoms with Crippen LogP contribution >= 0.6 is 0 Å². The highest BCUT2D eigenvalue weighted by Gasteiger charge is 2.34. The molecule has 0 saturated carbocycles. The fraction of sp³-hybridized carbons (Fsp3) is 0.368. The third-order valence-corrected chi connectivity index (χ3v) is 4.93. The number of nitrogens with one attached hydrogen (secondary N) is 1. The van der Waals surface area contributed by atoms with Gasteiger partial charge in [0, 0.05) is 30.3 Å². The first-order valence-electron chi connectivity index (χ1n) is 8.93. The molecule has 0 unspecified atom stereocenters. The van der Waals surface area contributed by atoms with Crippen LogP contribution in [0.5, 0.6) is 0 Å². The van der Waals surface area contributed by atoms with Crippen LogP contribution in [0.3, 0.4) is 0 Å². The lowest BCUT2D eigenvalue weighted by Gasteiger charge is -2.44. The lowest BCUT2D eigenvalue weighted by Crippen LogP contribution is -2.57. The standard InChI is InChI=1S/C15H17N3O2.C4H4O4/c19-15(11-1-2-12-14(7-11)20-9-16-12)17-13-8-18-5-3-10(13)4-6-18;5-3(6)1-2-4(7)8/h1-2,7,9-10,13H,3-6,8H2,(H,17,19);1-2H,(H,5,6)(H,7,8)/b;2-1+/t13-;/m0./s1. The van der Waals surface area contributed by atoms with Gasteiger partial charge in [-0.25, -0.2) is 14.6 Å². The molecule has 3 saturated heterocycles. The zero-order valence-electron chi connectivity index (χ0n) is 15.1. The number of rotatable bonds is 4. The van der Waals surface area contributed by atoms with Gasteiger partial charge in [0.2, 0.25) is 0 Å². The molecule has 4 heterocycles. The number of aromatic nitrogens is 1. The fourth-order valence-electron chi connectivity index (χ4n) is 3.52. The first kappa shape index (κ1) is 19.6. The van der Waals surface area contributed by atoms with Crippen LogP contribution in [0.25, 0.3) is 11.1 Å². The van der Waals surface area contributed by atoms with E-state index in [0.29, 0.717) is 29.2 Å². The second-order valence-corrected chi connectivity index (χ2v) is 6.76. The summed E-state index contributed by atoms with van der Waals surface area (Å²) in [5.74, 6) is -1.89. The average molecular weight is 387 g/mol. The number of piperidine rings is 3. The Hall–Kier alpha value is -3.20. The molecule has 3 fully saturated rings. The Labute approximate surface area is 160 Å². The average Bonchev–Trinajstić information content (AvgIpc) is 3.15. The molecule has 3 aliphatic rings. The van der Waals surface area contributed by atoms with Crippen molar-refractivity contribution in [2.24, 2.45) is 5.92 Å². The van der Waals surface area contributed by atoms with Crippen molar-refractivity contribution in [2.75, 3.05) is 19.6 Å². The van der Waals surface area contributed by atoms with Crippen LogP contribution in [0.1, 0.15) is 23.2 Å². The van der Waals surface area contributed by atoms with Crippen LogP contribution in [0.4, 0.5) is 0 Å². The zero-order chi connectivity index (χ0) is 20.1. The van der Waals surface area contributed by atoms with E-state index in [2.05, 4.69) is 15.2 Å².